The van der Waals surface area contributed by atoms with E-state index in [1.165, 1.54) is 141 Å². The molecular formula is C55H96O8. The number of rotatable bonds is 47. The molecule has 63 heavy (non-hydrogen) atoms. The molecule has 0 aliphatic carbocycles. The van der Waals surface area contributed by atoms with E-state index in [-0.39, 0.29) is 24.8 Å². The number of carbonyl (C=O) groups is 4. The number of esters is 2. The molecule has 0 amide bonds. The third-order valence-corrected chi connectivity index (χ3v) is 12.7. The number of hydrogen-bond donors (Lipinski definition) is 2. The van der Waals surface area contributed by atoms with Gasteiger partial charge in [0, 0.05) is 25.7 Å². The van der Waals surface area contributed by atoms with E-state index in [9.17, 15) is 19.2 Å². The summed E-state index contributed by atoms with van der Waals surface area (Å²) in [7, 11) is 0. The van der Waals surface area contributed by atoms with Gasteiger partial charge < -0.3 is 19.7 Å². The first-order valence-corrected chi connectivity index (χ1v) is 26.8. The Hall–Kier alpha value is -2.90. The highest BCUT2D eigenvalue weighted by molar-refractivity contribution is 5.76. The number of carboxylic acids is 2. The second-order valence-electron chi connectivity index (χ2n) is 18.7. The van der Waals surface area contributed by atoms with E-state index in [4.69, 9.17) is 19.7 Å². The molecule has 2 N–H and O–H groups in total. The number of hydrogen-bond acceptors (Lipinski definition) is 6. The van der Waals surface area contributed by atoms with Gasteiger partial charge in [-0.15, -0.1) is 0 Å². The van der Waals surface area contributed by atoms with Crippen LogP contribution in [0.15, 0.2) is 18.2 Å². The van der Waals surface area contributed by atoms with Gasteiger partial charge in [0.1, 0.15) is 0 Å². The number of benzene rings is 1. The van der Waals surface area contributed by atoms with Crippen molar-refractivity contribution in [1.82, 2.24) is 0 Å². The summed E-state index contributed by atoms with van der Waals surface area (Å²) in [6.07, 6.45) is 44.6. The molecule has 0 atom stereocenters. The largest absolute Gasteiger partial charge is 0.481 e. The molecule has 0 fully saturated rings. The molecule has 0 saturated heterocycles. The van der Waals surface area contributed by atoms with Crippen LogP contribution in [0, 0.1) is 0 Å². The molecule has 0 aliphatic rings. The minimum absolute atomic E-state index is 0.258. The van der Waals surface area contributed by atoms with Gasteiger partial charge in [-0.25, -0.2) is 0 Å². The summed E-state index contributed by atoms with van der Waals surface area (Å²) in [6, 6.07) is 5.96. The van der Waals surface area contributed by atoms with Crippen LogP contribution in [0.1, 0.15) is 295 Å². The van der Waals surface area contributed by atoms with Crippen molar-refractivity contribution in [3.8, 4) is 11.5 Å². The summed E-state index contributed by atoms with van der Waals surface area (Å²) in [5.74, 6) is -0.865. The summed E-state index contributed by atoms with van der Waals surface area (Å²) in [6.45, 7) is 4.48. The average Bonchev–Trinajstić information content (AvgIpc) is 3.25. The Morgan fingerprint density at radius 2 is 0.667 bits per heavy atom. The summed E-state index contributed by atoms with van der Waals surface area (Å²) >= 11 is 0. The fourth-order valence-electron chi connectivity index (χ4n) is 8.74. The maximum atomic E-state index is 13.3. The first kappa shape index (κ1) is 58.1. The molecule has 0 spiro atoms. The highest BCUT2D eigenvalue weighted by Gasteiger charge is 2.19. The van der Waals surface area contributed by atoms with Gasteiger partial charge in [0.05, 0.1) is 0 Å². The SMILES string of the molecule is CCCCCCCCCCCC(=O)Oc1ccc(C(CCCCCCCCCCCC(=O)O)CCCCCCCCCCCC(=O)O)cc1OC(=O)CCCCCCCCCCC. The summed E-state index contributed by atoms with van der Waals surface area (Å²) < 4.78 is 12.0. The van der Waals surface area contributed by atoms with E-state index in [1.54, 1.807) is 0 Å². The van der Waals surface area contributed by atoms with Gasteiger partial charge in [0.2, 0.25) is 0 Å². The second kappa shape index (κ2) is 43.0. The minimum atomic E-state index is -0.702. The van der Waals surface area contributed by atoms with Gasteiger partial charge in [-0.3, -0.25) is 19.2 Å². The van der Waals surface area contributed by atoms with Crippen LogP contribution in [-0.2, 0) is 19.2 Å². The normalized spacial score (nSPS) is 11.3. The molecule has 0 saturated carbocycles. The lowest BCUT2D eigenvalue weighted by Crippen LogP contribution is -2.13. The van der Waals surface area contributed by atoms with Crippen molar-refractivity contribution in [2.75, 3.05) is 0 Å². The first-order chi connectivity index (χ1) is 30.8. The third kappa shape index (κ3) is 37.1. The van der Waals surface area contributed by atoms with Crippen LogP contribution in [-0.4, -0.2) is 34.1 Å². The lowest BCUT2D eigenvalue weighted by Gasteiger charge is -2.20. The van der Waals surface area contributed by atoms with Gasteiger partial charge in [0.15, 0.2) is 11.5 Å². The topological polar surface area (TPSA) is 127 Å². The number of carbonyl (C=O) groups excluding carboxylic acids is 2. The number of carboxylic acid groups (broad SMARTS) is 2. The summed E-state index contributed by atoms with van der Waals surface area (Å²) in [5.41, 5.74) is 1.15. The van der Waals surface area contributed by atoms with Crippen molar-refractivity contribution >= 4 is 23.9 Å². The van der Waals surface area contributed by atoms with Gasteiger partial charge in [-0.1, -0.05) is 225 Å². The highest BCUT2D eigenvalue weighted by atomic mass is 16.6. The monoisotopic (exact) mass is 885 g/mol. The Balaban J connectivity index is 2.89. The Morgan fingerprint density at radius 1 is 0.381 bits per heavy atom. The van der Waals surface area contributed by atoms with Gasteiger partial charge in [0.25, 0.3) is 0 Å². The van der Waals surface area contributed by atoms with E-state index in [1.807, 2.05) is 12.1 Å². The standard InChI is InChI=1S/C55H96O8/c1-3-5-7-9-11-15-25-31-37-43-54(60)62-50-46-45-49(47-51(50)63-55(61)44-38-32-26-16-12-10-8-6-4-2)48(39-33-27-21-17-13-19-23-29-35-41-52(56)57)40-34-28-22-18-14-20-24-30-36-42-53(58)59/h45-48H,3-44H2,1-2H3,(H,56,57)(H,58,59). The minimum Gasteiger partial charge on any atom is -0.481 e. The Labute approximate surface area is 386 Å². The van der Waals surface area contributed by atoms with Crippen LogP contribution in [0.2, 0.25) is 0 Å². The first-order valence-electron chi connectivity index (χ1n) is 26.8. The van der Waals surface area contributed by atoms with Crippen molar-refractivity contribution in [1.29, 1.82) is 0 Å². The predicted octanol–water partition coefficient (Wildman–Crippen LogP) is 17.2. The molecule has 0 aliphatic heterocycles. The van der Waals surface area contributed by atoms with E-state index < -0.39 is 11.9 Å². The molecule has 0 bridgehead atoms. The quantitative estimate of drug-likeness (QED) is 0.0376. The predicted molar refractivity (Wildman–Crippen MR) is 261 cm³/mol. The fourth-order valence-corrected chi connectivity index (χ4v) is 8.74. The number of aliphatic carboxylic acids is 2. The average molecular weight is 885 g/mol. The van der Waals surface area contributed by atoms with E-state index in [2.05, 4.69) is 19.9 Å². The highest BCUT2D eigenvalue weighted by Crippen LogP contribution is 2.36. The molecule has 8 heteroatoms. The van der Waals surface area contributed by atoms with Crippen LogP contribution in [0.3, 0.4) is 0 Å². The molecule has 364 valence electrons. The summed E-state index contributed by atoms with van der Waals surface area (Å²) in [5, 5.41) is 17.7. The molecule has 0 heterocycles. The third-order valence-electron chi connectivity index (χ3n) is 12.7. The Bertz CT molecular complexity index is 1230. The number of unbranched alkanes of at least 4 members (excludes halogenated alkanes) is 32. The zero-order valence-corrected chi connectivity index (χ0v) is 40.9. The zero-order valence-electron chi connectivity index (χ0n) is 40.9. The molecule has 1 aromatic carbocycles. The van der Waals surface area contributed by atoms with E-state index in [0.717, 1.165) is 108 Å². The zero-order chi connectivity index (χ0) is 45.9. The van der Waals surface area contributed by atoms with Gasteiger partial charge in [-0.2, -0.15) is 0 Å². The summed E-state index contributed by atoms with van der Waals surface area (Å²) in [4.78, 5) is 47.9. The fraction of sp³-hybridized carbons (Fsp3) is 0.818. The van der Waals surface area contributed by atoms with Gasteiger partial charge in [-0.05, 0) is 62.1 Å². The molecule has 0 radical (unpaired) electrons. The maximum Gasteiger partial charge on any atom is 0.311 e. The van der Waals surface area contributed by atoms with Crippen molar-refractivity contribution in [2.45, 2.75) is 289 Å². The number of ether oxygens (including phenoxy) is 2. The Kier molecular flexibility index (Phi) is 39.7. The van der Waals surface area contributed by atoms with Gasteiger partial charge >= 0.3 is 23.9 Å². The van der Waals surface area contributed by atoms with Crippen LogP contribution >= 0.6 is 0 Å². The van der Waals surface area contributed by atoms with Crippen LogP contribution < -0.4 is 9.47 Å². The van der Waals surface area contributed by atoms with Crippen molar-refractivity contribution in [2.24, 2.45) is 0 Å². The van der Waals surface area contributed by atoms with E-state index in [0.29, 0.717) is 30.3 Å². The van der Waals surface area contributed by atoms with Crippen LogP contribution in [0.4, 0.5) is 0 Å². The lowest BCUT2D eigenvalue weighted by atomic mass is 9.87. The molecule has 8 nitrogen and oxygen atoms in total. The van der Waals surface area contributed by atoms with Crippen molar-refractivity contribution in [3.63, 3.8) is 0 Å². The second-order valence-corrected chi connectivity index (χ2v) is 18.7. The smallest absolute Gasteiger partial charge is 0.311 e. The molecule has 1 rings (SSSR count). The molecular weight excluding hydrogens is 789 g/mol. The molecule has 1 aromatic rings. The van der Waals surface area contributed by atoms with Crippen molar-refractivity contribution < 1.29 is 38.9 Å². The van der Waals surface area contributed by atoms with Crippen molar-refractivity contribution in [3.05, 3.63) is 23.8 Å². The maximum absolute atomic E-state index is 13.3. The van der Waals surface area contributed by atoms with Crippen LogP contribution in [0.25, 0.3) is 0 Å². The Morgan fingerprint density at radius 3 is 1.00 bits per heavy atom. The van der Waals surface area contributed by atoms with Crippen LogP contribution in [0.5, 0.6) is 11.5 Å². The molecule has 0 aromatic heterocycles. The van der Waals surface area contributed by atoms with E-state index >= 15 is 0 Å². The molecule has 0 unspecified atom stereocenters. The lowest BCUT2D eigenvalue weighted by molar-refractivity contribution is -0.138.